The van der Waals surface area contributed by atoms with E-state index >= 15 is 0 Å². The van der Waals surface area contributed by atoms with Gasteiger partial charge in [-0.15, -0.1) is 0 Å². The van der Waals surface area contributed by atoms with Crippen molar-refractivity contribution in [2.24, 2.45) is 0 Å². The van der Waals surface area contributed by atoms with Crippen LogP contribution in [0.1, 0.15) is 50.0 Å². The highest BCUT2D eigenvalue weighted by Crippen LogP contribution is 2.39. The number of ether oxygens (including phenoxy) is 3. The highest BCUT2D eigenvalue weighted by atomic mass is 19.1. The number of nitrogens with zero attached hydrogens (tertiary/aromatic N) is 1. The molecule has 4 heterocycles. The Morgan fingerprint density at radius 1 is 1.10 bits per heavy atom. The van der Waals surface area contributed by atoms with Gasteiger partial charge < -0.3 is 24.4 Å². The Bertz CT molecular complexity index is 843. The van der Waals surface area contributed by atoms with Gasteiger partial charge in [0.15, 0.2) is 0 Å². The van der Waals surface area contributed by atoms with E-state index in [1.54, 1.807) is 4.90 Å². The lowest BCUT2D eigenvalue weighted by Gasteiger charge is -2.42. The molecule has 0 aromatic heterocycles. The minimum Gasteiger partial charge on any atom is -0.493 e. The van der Waals surface area contributed by atoms with Gasteiger partial charge in [-0.1, -0.05) is 18.2 Å². The van der Waals surface area contributed by atoms with E-state index in [0.29, 0.717) is 25.5 Å². The minimum absolute atomic E-state index is 0.0360. The first kappa shape index (κ1) is 20.7. The highest BCUT2D eigenvalue weighted by molar-refractivity contribution is 5.82. The largest absolute Gasteiger partial charge is 0.493 e. The fraction of sp³-hybridized carbons (Fsp3) is 0.652. The molecule has 3 unspecified atom stereocenters. The van der Waals surface area contributed by atoms with Gasteiger partial charge in [0, 0.05) is 6.54 Å². The number of benzene rings is 1. The van der Waals surface area contributed by atoms with Crippen molar-refractivity contribution in [3.8, 4) is 5.75 Å². The minimum atomic E-state index is -1.96. The molecule has 31 heavy (non-hydrogen) atoms. The molecule has 5 aliphatic rings. The van der Waals surface area contributed by atoms with Crippen LogP contribution in [0.15, 0.2) is 24.3 Å². The summed E-state index contributed by atoms with van der Waals surface area (Å²) < 4.78 is 31.1. The summed E-state index contributed by atoms with van der Waals surface area (Å²) in [6, 6.07) is 7.71. The molecule has 0 radical (unpaired) electrons. The Labute approximate surface area is 181 Å². The Balaban J connectivity index is 1.39. The maximum atomic E-state index is 13.6. The lowest BCUT2D eigenvalue weighted by atomic mass is 9.82. The van der Waals surface area contributed by atoms with Crippen molar-refractivity contribution in [3.63, 3.8) is 0 Å². The summed E-state index contributed by atoms with van der Waals surface area (Å²) in [5.74, 6) is 0.451. The summed E-state index contributed by atoms with van der Waals surface area (Å²) >= 11 is 0. The van der Waals surface area contributed by atoms with Crippen LogP contribution in [0.3, 0.4) is 0 Å². The van der Waals surface area contributed by atoms with Gasteiger partial charge in [-0.25, -0.2) is 4.39 Å². The van der Waals surface area contributed by atoms with Crippen LogP contribution in [0.5, 0.6) is 5.75 Å². The van der Waals surface area contributed by atoms with E-state index in [2.05, 4.69) is 11.4 Å². The molecule has 8 heteroatoms. The number of fused-ring (bicyclic) bond motifs is 6. The molecule has 1 saturated carbocycles. The summed E-state index contributed by atoms with van der Waals surface area (Å²) in [4.78, 5) is 26.9. The summed E-state index contributed by atoms with van der Waals surface area (Å²) in [6.45, 7) is 1.10. The summed E-state index contributed by atoms with van der Waals surface area (Å²) in [7, 11) is 0. The van der Waals surface area contributed by atoms with Gasteiger partial charge in [0.2, 0.25) is 5.91 Å². The molecule has 7 nitrogen and oxygen atoms in total. The van der Waals surface area contributed by atoms with Crippen LogP contribution in [0.2, 0.25) is 0 Å². The topological polar surface area (TPSA) is 77.1 Å². The van der Waals surface area contributed by atoms with Gasteiger partial charge in [0.1, 0.15) is 5.75 Å². The second kappa shape index (κ2) is 8.39. The molecule has 3 fully saturated rings. The SMILES string of the molecule is O=C1NC2(CCN3C(=O)CCOc4ccccc4C4CCC(CC4)OCC32)COC1F. The third-order valence-corrected chi connectivity index (χ3v) is 7.30. The molecule has 1 aliphatic carbocycles. The molecule has 6 rings (SSSR count). The zero-order valence-electron chi connectivity index (χ0n) is 17.6. The maximum absolute atomic E-state index is 13.6. The van der Waals surface area contributed by atoms with Gasteiger partial charge in [-0.05, 0) is 49.7 Å². The van der Waals surface area contributed by atoms with Crippen molar-refractivity contribution in [2.45, 2.75) is 68.5 Å². The van der Waals surface area contributed by atoms with Crippen molar-refractivity contribution in [1.29, 1.82) is 0 Å². The number of hydrogen-bond donors (Lipinski definition) is 1. The molecular weight excluding hydrogens is 403 g/mol. The zero-order valence-corrected chi connectivity index (χ0v) is 17.6. The third-order valence-electron chi connectivity index (χ3n) is 7.30. The van der Waals surface area contributed by atoms with Crippen LogP contribution in [0.4, 0.5) is 4.39 Å². The maximum Gasteiger partial charge on any atom is 0.282 e. The molecule has 3 atom stereocenters. The monoisotopic (exact) mass is 432 g/mol. The predicted molar refractivity (Wildman–Crippen MR) is 109 cm³/mol. The van der Waals surface area contributed by atoms with Crippen LogP contribution in [-0.4, -0.2) is 67.1 Å². The van der Waals surface area contributed by atoms with Crippen molar-refractivity contribution < 1.29 is 28.2 Å². The van der Waals surface area contributed by atoms with Crippen LogP contribution >= 0.6 is 0 Å². The third kappa shape index (κ3) is 3.91. The van der Waals surface area contributed by atoms with Crippen LogP contribution in [0.25, 0.3) is 0 Å². The molecule has 4 aliphatic heterocycles. The van der Waals surface area contributed by atoms with Gasteiger partial charge in [0.25, 0.3) is 12.3 Å². The number of morpholine rings is 1. The van der Waals surface area contributed by atoms with Crippen molar-refractivity contribution >= 4 is 11.8 Å². The second-order valence-electron chi connectivity index (χ2n) is 9.07. The predicted octanol–water partition coefficient (Wildman–Crippen LogP) is 2.29. The molecule has 2 saturated heterocycles. The van der Waals surface area contributed by atoms with Crippen LogP contribution < -0.4 is 10.1 Å². The summed E-state index contributed by atoms with van der Waals surface area (Å²) in [6.07, 6.45) is 2.80. The fourth-order valence-electron chi connectivity index (χ4n) is 5.55. The first-order valence-corrected chi connectivity index (χ1v) is 11.3. The number of amides is 2. The Kier molecular flexibility index (Phi) is 5.60. The number of hydrogen-bond acceptors (Lipinski definition) is 5. The van der Waals surface area contributed by atoms with Gasteiger partial charge in [0.05, 0.1) is 43.9 Å². The van der Waals surface area contributed by atoms with Gasteiger partial charge in [-0.3, -0.25) is 9.59 Å². The van der Waals surface area contributed by atoms with Crippen molar-refractivity contribution in [2.75, 3.05) is 26.4 Å². The molecule has 2 amide bonds. The first-order chi connectivity index (χ1) is 15.1. The molecule has 2 bridgehead atoms. The molecule has 1 spiro atoms. The summed E-state index contributed by atoms with van der Waals surface area (Å²) in [5, 5.41) is 2.81. The molecule has 1 aromatic carbocycles. The highest BCUT2D eigenvalue weighted by Gasteiger charge is 2.53. The average molecular weight is 432 g/mol. The number of nitrogens with one attached hydrogen (secondary N) is 1. The average Bonchev–Trinajstić information content (AvgIpc) is 3.13. The summed E-state index contributed by atoms with van der Waals surface area (Å²) in [5.41, 5.74) is 0.406. The Hall–Kier alpha value is -2.19. The van der Waals surface area contributed by atoms with Crippen molar-refractivity contribution in [3.05, 3.63) is 29.8 Å². The standard InChI is InChI=1S/C23H29FN2O5/c24-21-22(28)25-23(14-31-21)10-11-26-19(23)13-30-16-7-5-15(6-8-16)17-3-1-2-4-18(17)29-12-9-20(26)27/h1-4,15-16,19,21H,5-14H2,(H,25,28). The number of carbonyl (C=O) groups is 2. The smallest absolute Gasteiger partial charge is 0.282 e. The van der Waals surface area contributed by atoms with Crippen LogP contribution in [0, 0.1) is 0 Å². The molecule has 168 valence electrons. The molecule has 1 aromatic rings. The fourth-order valence-corrected chi connectivity index (χ4v) is 5.55. The van der Waals surface area contributed by atoms with Crippen molar-refractivity contribution in [1.82, 2.24) is 10.2 Å². The number of halogens is 1. The van der Waals surface area contributed by atoms with E-state index in [9.17, 15) is 14.0 Å². The molecule has 1 N–H and O–H groups in total. The van der Waals surface area contributed by atoms with E-state index in [0.717, 1.165) is 31.4 Å². The second-order valence-corrected chi connectivity index (χ2v) is 9.07. The van der Waals surface area contributed by atoms with Gasteiger partial charge in [-0.2, -0.15) is 0 Å². The number of alkyl halides is 1. The number of para-hydroxylation sites is 1. The zero-order chi connectivity index (χ0) is 21.4. The first-order valence-electron chi connectivity index (χ1n) is 11.3. The number of carbonyl (C=O) groups excluding carboxylic acids is 2. The Morgan fingerprint density at radius 2 is 1.90 bits per heavy atom. The van der Waals surface area contributed by atoms with E-state index in [4.69, 9.17) is 14.2 Å². The van der Waals surface area contributed by atoms with E-state index in [-0.39, 0.29) is 37.7 Å². The quantitative estimate of drug-likeness (QED) is 0.681. The molecular formula is C23H29FN2O5. The Morgan fingerprint density at radius 3 is 2.71 bits per heavy atom. The number of rotatable bonds is 0. The van der Waals surface area contributed by atoms with E-state index in [1.165, 1.54) is 5.56 Å². The van der Waals surface area contributed by atoms with E-state index in [1.807, 2.05) is 18.2 Å². The van der Waals surface area contributed by atoms with Crippen LogP contribution in [-0.2, 0) is 19.1 Å². The van der Waals surface area contributed by atoms with E-state index < -0.39 is 17.8 Å². The lowest BCUT2D eigenvalue weighted by Crippen LogP contribution is -2.66. The normalized spacial score (nSPS) is 36.4. The lowest BCUT2D eigenvalue weighted by molar-refractivity contribution is -0.167. The van der Waals surface area contributed by atoms with Gasteiger partial charge >= 0.3 is 0 Å².